The van der Waals surface area contributed by atoms with E-state index in [9.17, 15) is 4.79 Å². The number of nitrogens with zero attached hydrogens (tertiary/aromatic N) is 1. The minimum Gasteiger partial charge on any atom is -0.310 e. The van der Waals surface area contributed by atoms with E-state index in [2.05, 4.69) is 71.9 Å². The SMILES string of the molecule is Cc1cccc(NC(=O)[C@@]23CC[C@@](C(Br)Br)([C@@H]2Br)C3(C)C)n1. The van der Waals surface area contributed by atoms with Gasteiger partial charge in [0, 0.05) is 15.9 Å². The number of rotatable bonds is 3. The highest BCUT2D eigenvalue weighted by molar-refractivity contribution is 9.24. The zero-order chi connectivity index (χ0) is 16.3. The fourth-order valence-electron chi connectivity index (χ4n) is 4.54. The predicted octanol–water partition coefficient (Wildman–Crippen LogP) is 5.01. The summed E-state index contributed by atoms with van der Waals surface area (Å²) in [7, 11) is 0. The number of amides is 1. The molecule has 0 saturated heterocycles. The third-order valence-corrected chi connectivity index (χ3v) is 9.25. The third kappa shape index (κ3) is 1.83. The first kappa shape index (κ1) is 16.9. The van der Waals surface area contributed by atoms with Crippen molar-refractivity contribution in [2.75, 3.05) is 5.32 Å². The second kappa shape index (κ2) is 5.28. The number of hydrogen-bond donors (Lipinski definition) is 1. The van der Waals surface area contributed by atoms with Crippen LogP contribution in [0.3, 0.4) is 0 Å². The zero-order valence-electron chi connectivity index (χ0n) is 12.8. The number of fused-ring (bicyclic) bond motifs is 1. The summed E-state index contributed by atoms with van der Waals surface area (Å²) in [6.07, 6.45) is 1.91. The molecule has 6 heteroatoms. The summed E-state index contributed by atoms with van der Waals surface area (Å²) >= 11 is 11.2. The lowest BCUT2D eigenvalue weighted by Gasteiger charge is -2.66. The average molecular weight is 495 g/mol. The average Bonchev–Trinajstić information content (AvgIpc) is 2.88. The van der Waals surface area contributed by atoms with Crippen molar-refractivity contribution >= 4 is 59.5 Å². The number of alkyl halides is 3. The van der Waals surface area contributed by atoms with E-state index in [1.54, 1.807) is 0 Å². The van der Waals surface area contributed by atoms with Gasteiger partial charge in [-0.1, -0.05) is 67.7 Å². The first-order valence-electron chi connectivity index (χ1n) is 7.37. The van der Waals surface area contributed by atoms with E-state index in [0.717, 1.165) is 18.5 Å². The van der Waals surface area contributed by atoms with Gasteiger partial charge < -0.3 is 5.32 Å². The molecule has 3 fully saturated rings. The number of carbonyl (C=O) groups excluding carboxylic acids is 1. The van der Waals surface area contributed by atoms with Gasteiger partial charge in [-0.15, -0.1) is 0 Å². The van der Waals surface area contributed by atoms with Gasteiger partial charge in [-0.3, -0.25) is 4.79 Å². The van der Waals surface area contributed by atoms with Gasteiger partial charge >= 0.3 is 0 Å². The van der Waals surface area contributed by atoms with Crippen molar-refractivity contribution in [2.24, 2.45) is 16.2 Å². The number of aromatic nitrogens is 1. The molecule has 3 saturated carbocycles. The molecule has 3 aliphatic carbocycles. The molecular weight excluding hydrogens is 476 g/mol. The van der Waals surface area contributed by atoms with E-state index in [0.29, 0.717) is 5.82 Å². The highest BCUT2D eigenvalue weighted by Gasteiger charge is 2.83. The van der Waals surface area contributed by atoms with Gasteiger partial charge in [0.2, 0.25) is 5.91 Å². The zero-order valence-corrected chi connectivity index (χ0v) is 17.5. The van der Waals surface area contributed by atoms with Crippen LogP contribution in [0, 0.1) is 23.2 Å². The van der Waals surface area contributed by atoms with Gasteiger partial charge in [0.25, 0.3) is 0 Å². The maximum atomic E-state index is 13.1. The number of halogens is 3. The number of nitrogens with one attached hydrogen (secondary N) is 1. The van der Waals surface area contributed by atoms with Crippen molar-refractivity contribution in [3.05, 3.63) is 23.9 Å². The Morgan fingerprint density at radius 3 is 2.55 bits per heavy atom. The minimum absolute atomic E-state index is 0.0460. The van der Waals surface area contributed by atoms with Crippen LogP contribution in [-0.4, -0.2) is 19.5 Å². The van der Waals surface area contributed by atoms with Crippen LogP contribution < -0.4 is 5.32 Å². The van der Waals surface area contributed by atoms with Crippen LogP contribution in [0.5, 0.6) is 0 Å². The normalized spacial score (nSPS) is 35.3. The maximum absolute atomic E-state index is 13.1. The Hall–Kier alpha value is 0.0600. The van der Waals surface area contributed by atoms with E-state index in [-0.39, 0.29) is 25.3 Å². The summed E-state index contributed by atoms with van der Waals surface area (Å²) in [4.78, 5) is 17.6. The van der Waals surface area contributed by atoms with Crippen LogP contribution in [0.1, 0.15) is 32.4 Å². The monoisotopic (exact) mass is 492 g/mol. The second-order valence-corrected chi connectivity index (χ2v) is 10.9. The van der Waals surface area contributed by atoms with E-state index < -0.39 is 5.41 Å². The summed E-state index contributed by atoms with van der Waals surface area (Å²) in [5.74, 6) is 0.708. The highest BCUT2D eigenvalue weighted by atomic mass is 79.9. The number of aryl methyl sites for hydroxylation is 1. The van der Waals surface area contributed by atoms with Gasteiger partial charge in [-0.2, -0.15) is 0 Å². The largest absolute Gasteiger partial charge is 0.310 e. The molecule has 3 atom stereocenters. The molecule has 2 bridgehead atoms. The molecule has 4 rings (SSSR count). The molecule has 120 valence electrons. The van der Waals surface area contributed by atoms with Crippen LogP contribution in [0.15, 0.2) is 18.2 Å². The topological polar surface area (TPSA) is 42.0 Å². The van der Waals surface area contributed by atoms with Crippen LogP contribution >= 0.6 is 47.8 Å². The summed E-state index contributed by atoms with van der Waals surface area (Å²) in [5.41, 5.74) is 0.461. The molecule has 1 N–H and O–H groups in total. The van der Waals surface area contributed by atoms with Gasteiger partial charge in [-0.25, -0.2) is 4.98 Å². The van der Waals surface area contributed by atoms with E-state index in [4.69, 9.17) is 0 Å². The Bertz CT molecular complexity index is 634. The lowest BCUT2D eigenvalue weighted by atomic mass is 9.43. The molecule has 1 heterocycles. The molecule has 22 heavy (non-hydrogen) atoms. The predicted molar refractivity (Wildman–Crippen MR) is 99.8 cm³/mol. The molecule has 3 aliphatic rings. The first-order chi connectivity index (χ1) is 10.2. The Morgan fingerprint density at radius 1 is 1.36 bits per heavy atom. The van der Waals surface area contributed by atoms with Crippen molar-refractivity contribution in [3.63, 3.8) is 0 Å². The standard InChI is InChI=1S/C16H19Br3N2O/c1-9-5-4-6-10(20-9)21-13(22)16-8-7-15(11(16)17,12(18)19)14(16,2)3/h4-6,11-12H,7-8H2,1-3H3,(H,20,21,22)/t11-,15-,16+/m0/s1. The van der Waals surface area contributed by atoms with Crippen molar-refractivity contribution in [3.8, 4) is 0 Å². The van der Waals surface area contributed by atoms with E-state index >= 15 is 0 Å². The minimum atomic E-state index is -0.391. The molecule has 0 aromatic carbocycles. The second-order valence-electron chi connectivity index (χ2n) is 6.92. The third-order valence-electron chi connectivity index (χ3n) is 6.02. The molecule has 0 spiro atoms. The Kier molecular flexibility index (Phi) is 4.06. The van der Waals surface area contributed by atoms with Crippen LogP contribution in [0.4, 0.5) is 5.82 Å². The van der Waals surface area contributed by atoms with Crippen LogP contribution in [-0.2, 0) is 4.79 Å². The number of pyridine rings is 1. The van der Waals surface area contributed by atoms with Crippen molar-refractivity contribution in [1.29, 1.82) is 0 Å². The maximum Gasteiger partial charge on any atom is 0.233 e. The van der Waals surface area contributed by atoms with Gasteiger partial charge in [0.15, 0.2) is 0 Å². The Morgan fingerprint density at radius 2 is 2.05 bits per heavy atom. The smallest absolute Gasteiger partial charge is 0.233 e. The van der Waals surface area contributed by atoms with Gasteiger partial charge in [0.05, 0.1) is 9.15 Å². The van der Waals surface area contributed by atoms with Crippen molar-refractivity contribution < 1.29 is 4.79 Å². The summed E-state index contributed by atoms with van der Waals surface area (Å²) in [5, 5.41) is 3.03. The Labute approximate surface area is 156 Å². The van der Waals surface area contributed by atoms with Gasteiger partial charge in [-0.05, 0) is 37.3 Å². The summed E-state index contributed by atoms with van der Waals surface area (Å²) in [6, 6.07) is 5.69. The summed E-state index contributed by atoms with van der Waals surface area (Å²) in [6.45, 7) is 6.34. The summed E-state index contributed by atoms with van der Waals surface area (Å²) < 4.78 is 0.187. The number of carbonyl (C=O) groups is 1. The highest BCUT2D eigenvalue weighted by Crippen LogP contribution is 2.82. The lowest BCUT2D eigenvalue weighted by Crippen LogP contribution is -2.71. The van der Waals surface area contributed by atoms with Gasteiger partial charge in [0.1, 0.15) is 5.82 Å². The molecule has 0 radical (unpaired) electrons. The molecule has 3 nitrogen and oxygen atoms in total. The Balaban J connectivity index is 1.91. The molecule has 0 unspecified atom stereocenters. The van der Waals surface area contributed by atoms with E-state index in [1.165, 1.54) is 0 Å². The van der Waals surface area contributed by atoms with Crippen molar-refractivity contribution in [2.45, 2.75) is 42.2 Å². The molecule has 1 amide bonds. The molecular formula is C16H19Br3N2O. The molecule has 1 aromatic rings. The van der Waals surface area contributed by atoms with Crippen LogP contribution in [0.25, 0.3) is 0 Å². The first-order valence-corrected chi connectivity index (χ1v) is 10.1. The lowest BCUT2D eigenvalue weighted by molar-refractivity contribution is -0.155. The quantitative estimate of drug-likeness (QED) is 0.600. The van der Waals surface area contributed by atoms with Crippen molar-refractivity contribution in [1.82, 2.24) is 4.98 Å². The van der Waals surface area contributed by atoms with E-state index in [1.807, 2.05) is 25.1 Å². The fourth-order valence-corrected chi connectivity index (χ4v) is 9.45. The number of hydrogen-bond acceptors (Lipinski definition) is 2. The van der Waals surface area contributed by atoms with Crippen LogP contribution in [0.2, 0.25) is 0 Å². The molecule has 0 aliphatic heterocycles. The number of anilines is 1. The fraction of sp³-hybridized carbons (Fsp3) is 0.625. The molecule has 1 aromatic heterocycles.